The second-order valence-electron chi connectivity index (χ2n) is 6.20. The van der Waals surface area contributed by atoms with Crippen LogP contribution in [0.3, 0.4) is 0 Å². The van der Waals surface area contributed by atoms with Gasteiger partial charge in [-0.1, -0.05) is 36.4 Å². The van der Waals surface area contributed by atoms with Gasteiger partial charge < -0.3 is 4.40 Å². The van der Waals surface area contributed by atoms with Crippen molar-refractivity contribution in [1.29, 1.82) is 5.41 Å². The molecule has 1 amide bonds. The number of hydrogen-bond donors (Lipinski definition) is 2. The highest BCUT2D eigenvalue weighted by Crippen LogP contribution is 2.25. The van der Waals surface area contributed by atoms with Crippen LogP contribution in [-0.2, 0) is 4.79 Å². The number of fused-ring (bicyclic) bond motifs is 1. The van der Waals surface area contributed by atoms with E-state index in [1.165, 1.54) is 5.01 Å². The number of rotatable bonds is 3. The summed E-state index contributed by atoms with van der Waals surface area (Å²) in [6.07, 6.45) is 1.83. The molecule has 4 rings (SSSR count). The second kappa shape index (κ2) is 6.11. The number of benzene rings is 1. The molecule has 2 aromatic heterocycles. The number of pyridine rings is 1. The topological polar surface area (TPSA) is 90.6 Å². The van der Waals surface area contributed by atoms with Gasteiger partial charge in [-0.25, -0.2) is 4.98 Å². The molecule has 0 saturated carbocycles. The molecule has 0 aliphatic carbocycles. The zero-order valence-corrected chi connectivity index (χ0v) is 14.1. The summed E-state index contributed by atoms with van der Waals surface area (Å²) >= 11 is 0. The lowest BCUT2D eigenvalue weighted by molar-refractivity contribution is -0.118. The van der Waals surface area contributed by atoms with Crippen molar-refractivity contribution in [1.82, 2.24) is 19.8 Å². The highest BCUT2D eigenvalue weighted by Gasteiger charge is 2.38. The number of amides is 1. The molecule has 26 heavy (non-hydrogen) atoms. The first kappa shape index (κ1) is 16.0. The lowest BCUT2D eigenvalue weighted by Gasteiger charge is -2.19. The van der Waals surface area contributed by atoms with Crippen LogP contribution in [0.5, 0.6) is 0 Å². The number of imidazole rings is 1. The lowest BCUT2D eigenvalue weighted by atomic mass is 9.97. The number of aryl methyl sites for hydroxylation is 1. The van der Waals surface area contributed by atoms with E-state index in [1.54, 1.807) is 0 Å². The molecule has 3 heterocycles. The molecular weight excluding hydrogens is 330 g/mol. The van der Waals surface area contributed by atoms with Crippen LogP contribution in [0.15, 0.2) is 54.7 Å². The maximum Gasteiger partial charge on any atom is 0.290 e. The van der Waals surface area contributed by atoms with Gasteiger partial charge in [-0.05, 0) is 24.6 Å². The zero-order chi connectivity index (χ0) is 18.3. The quantitative estimate of drug-likeness (QED) is 0.757. The Bertz CT molecular complexity index is 1020. The molecule has 0 bridgehead atoms. The first-order valence-corrected chi connectivity index (χ1v) is 8.24. The van der Waals surface area contributed by atoms with Crippen molar-refractivity contribution in [3.8, 4) is 0 Å². The number of nitrogens with zero attached hydrogens (tertiary/aromatic N) is 3. The Morgan fingerprint density at radius 3 is 2.65 bits per heavy atom. The monoisotopic (exact) mass is 347 g/mol. The van der Waals surface area contributed by atoms with E-state index in [9.17, 15) is 9.59 Å². The van der Waals surface area contributed by atoms with Gasteiger partial charge in [0.2, 0.25) is 0 Å². The summed E-state index contributed by atoms with van der Waals surface area (Å²) in [5.41, 5.74) is 5.06. The molecule has 0 spiro atoms. The molecule has 1 aliphatic heterocycles. The summed E-state index contributed by atoms with van der Waals surface area (Å²) in [5.74, 6) is -1.14. The molecule has 0 radical (unpaired) electrons. The van der Waals surface area contributed by atoms with Crippen LogP contribution in [-0.4, -0.2) is 38.5 Å². The number of Topliss-reactive ketones (excluding diaryl/α,β-unsaturated/α-hetero) is 1. The molecule has 7 heteroatoms. The van der Waals surface area contributed by atoms with Gasteiger partial charge in [0.05, 0.1) is 5.69 Å². The molecule has 1 saturated heterocycles. The average molecular weight is 347 g/mol. The molecule has 130 valence electrons. The predicted octanol–water partition coefficient (Wildman–Crippen LogP) is 1.93. The summed E-state index contributed by atoms with van der Waals surface area (Å²) in [4.78, 5) is 29.4. The maximum absolute atomic E-state index is 12.6. The molecule has 3 aromatic rings. The summed E-state index contributed by atoms with van der Waals surface area (Å²) in [7, 11) is 0. The minimum atomic E-state index is -0.654. The Morgan fingerprint density at radius 1 is 1.19 bits per heavy atom. The summed E-state index contributed by atoms with van der Waals surface area (Å²) < 4.78 is 1.82. The van der Waals surface area contributed by atoms with Crippen LogP contribution in [0.25, 0.3) is 5.65 Å². The number of aromatic nitrogens is 2. The van der Waals surface area contributed by atoms with E-state index in [1.807, 2.05) is 66.1 Å². The minimum absolute atomic E-state index is 0.0312. The van der Waals surface area contributed by atoms with E-state index in [2.05, 4.69) is 10.4 Å². The van der Waals surface area contributed by atoms with E-state index in [-0.39, 0.29) is 23.9 Å². The van der Waals surface area contributed by atoms with Crippen LogP contribution >= 0.6 is 0 Å². The van der Waals surface area contributed by atoms with E-state index < -0.39 is 11.8 Å². The fourth-order valence-corrected chi connectivity index (χ4v) is 3.24. The van der Waals surface area contributed by atoms with Crippen LogP contribution in [0.1, 0.15) is 27.7 Å². The molecular formula is C19H17N5O2. The number of nitrogens with one attached hydrogen (secondary N) is 2. The van der Waals surface area contributed by atoms with Gasteiger partial charge in [-0.15, -0.1) is 0 Å². The molecule has 7 nitrogen and oxygen atoms in total. The number of hydrazine groups is 1. The van der Waals surface area contributed by atoms with Crippen LogP contribution in [0.4, 0.5) is 0 Å². The number of amidine groups is 1. The number of carbonyl (C=O) groups excluding carboxylic acids is 2. The third-order valence-corrected chi connectivity index (χ3v) is 4.55. The van der Waals surface area contributed by atoms with Crippen LogP contribution in [0, 0.1) is 12.3 Å². The van der Waals surface area contributed by atoms with Crippen molar-refractivity contribution < 1.29 is 9.59 Å². The van der Waals surface area contributed by atoms with Gasteiger partial charge in [0, 0.05) is 6.20 Å². The van der Waals surface area contributed by atoms with Crippen molar-refractivity contribution in [3.05, 3.63) is 71.7 Å². The Morgan fingerprint density at radius 2 is 1.92 bits per heavy atom. The Balaban J connectivity index is 1.57. The van der Waals surface area contributed by atoms with Gasteiger partial charge in [0.1, 0.15) is 23.9 Å². The Kier molecular flexibility index (Phi) is 3.76. The molecule has 1 unspecified atom stereocenters. The number of hydrogen-bond acceptors (Lipinski definition) is 4. The van der Waals surface area contributed by atoms with Crippen LogP contribution < -0.4 is 5.43 Å². The molecule has 2 N–H and O–H groups in total. The van der Waals surface area contributed by atoms with Crippen molar-refractivity contribution in [3.63, 3.8) is 0 Å². The van der Waals surface area contributed by atoms with Gasteiger partial charge in [0.15, 0.2) is 11.5 Å². The van der Waals surface area contributed by atoms with E-state index >= 15 is 0 Å². The largest absolute Gasteiger partial charge is 0.304 e. The predicted molar refractivity (Wildman–Crippen MR) is 96.0 cm³/mol. The normalized spacial score (nSPS) is 17.1. The fourth-order valence-electron chi connectivity index (χ4n) is 3.24. The minimum Gasteiger partial charge on any atom is -0.304 e. The van der Waals surface area contributed by atoms with Crippen molar-refractivity contribution in [2.45, 2.75) is 12.8 Å². The third kappa shape index (κ3) is 2.54. The first-order chi connectivity index (χ1) is 12.6. The van der Waals surface area contributed by atoms with Gasteiger partial charge in [-0.2, -0.15) is 0 Å². The smallest absolute Gasteiger partial charge is 0.290 e. The van der Waals surface area contributed by atoms with Crippen molar-refractivity contribution in [2.75, 3.05) is 6.54 Å². The average Bonchev–Trinajstić information content (AvgIpc) is 3.13. The maximum atomic E-state index is 12.6. The molecule has 1 atom stereocenters. The first-order valence-electron chi connectivity index (χ1n) is 8.24. The van der Waals surface area contributed by atoms with Gasteiger partial charge >= 0.3 is 0 Å². The molecule has 1 aromatic carbocycles. The number of ketones is 1. The standard InChI is InChI=1S/C19H17N5O2/c1-12-17(21-15-9-5-6-10-23(12)15)19(26)22-24-11-14(25)16(18(24)20)13-7-3-2-4-8-13/h2-10,16,20H,11H2,1H3,(H,22,26). The van der Waals surface area contributed by atoms with Gasteiger partial charge in [0.25, 0.3) is 5.91 Å². The fraction of sp³-hybridized carbons (Fsp3) is 0.158. The van der Waals surface area contributed by atoms with E-state index in [4.69, 9.17) is 5.41 Å². The highest BCUT2D eigenvalue weighted by molar-refractivity contribution is 6.14. The van der Waals surface area contributed by atoms with Crippen LogP contribution in [0.2, 0.25) is 0 Å². The summed E-state index contributed by atoms with van der Waals surface area (Å²) in [6.45, 7) is 1.78. The second-order valence-corrected chi connectivity index (χ2v) is 6.20. The summed E-state index contributed by atoms with van der Waals surface area (Å²) in [6, 6.07) is 14.7. The van der Waals surface area contributed by atoms with Gasteiger partial charge in [-0.3, -0.25) is 25.4 Å². The Labute approximate surface area is 149 Å². The third-order valence-electron chi connectivity index (χ3n) is 4.55. The molecule has 1 aliphatic rings. The van der Waals surface area contributed by atoms with Crippen molar-refractivity contribution in [2.24, 2.45) is 0 Å². The zero-order valence-electron chi connectivity index (χ0n) is 14.1. The highest BCUT2D eigenvalue weighted by atomic mass is 16.2. The van der Waals surface area contributed by atoms with Crippen molar-refractivity contribution >= 4 is 23.2 Å². The Hall–Kier alpha value is -3.48. The SMILES string of the molecule is Cc1c(C(=O)NN2CC(=O)C(c3ccccc3)C2=N)nc2ccccn12. The van der Waals surface area contributed by atoms with E-state index in [0.29, 0.717) is 11.3 Å². The number of carbonyl (C=O) groups is 2. The van der Waals surface area contributed by atoms with E-state index in [0.717, 1.165) is 5.56 Å². The lowest BCUT2D eigenvalue weighted by Crippen LogP contribution is -2.44. The molecule has 1 fully saturated rings. The summed E-state index contributed by atoms with van der Waals surface area (Å²) in [5, 5.41) is 9.61.